The first-order chi connectivity index (χ1) is 9.97. The summed E-state index contributed by atoms with van der Waals surface area (Å²) < 4.78 is 1.62. The van der Waals surface area contributed by atoms with Crippen molar-refractivity contribution in [3.63, 3.8) is 0 Å². The van der Waals surface area contributed by atoms with Crippen LogP contribution < -0.4 is 0 Å². The molecule has 0 atom stereocenters. The van der Waals surface area contributed by atoms with E-state index in [1.165, 1.54) is 12.4 Å². The van der Waals surface area contributed by atoms with Gasteiger partial charge in [-0.05, 0) is 12.1 Å². The van der Waals surface area contributed by atoms with Gasteiger partial charge in [0.2, 0.25) is 5.78 Å². The minimum absolute atomic E-state index is 0.0171. The molecule has 0 aliphatic carbocycles. The first kappa shape index (κ1) is 14.3. The van der Waals surface area contributed by atoms with E-state index in [-0.39, 0.29) is 11.6 Å². The largest absolute Gasteiger partial charge is 0.507 e. The van der Waals surface area contributed by atoms with Gasteiger partial charge in [0.15, 0.2) is 5.82 Å². The molecule has 2 aromatic rings. The van der Waals surface area contributed by atoms with Crippen LogP contribution in [0.3, 0.4) is 0 Å². The number of hydrogen-bond donors (Lipinski definition) is 3. The van der Waals surface area contributed by atoms with Crippen LogP contribution in [0.1, 0.15) is 21.9 Å². The molecule has 0 fully saturated rings. The van der Waals surface area contributed by atoms with Crippen LogP contribution in [-0.4, -0.2) is 41.7 Å². The molecule has 8 nitrogen and oxygen atoms in total. The number of nitrogens with zero attached hydrogens (tertiary/aromatic N) is 3. The fourth-order valence-corrected chi connectivity index (χ4v) is 1.64. The van der Waals surface area contributed by atoms with E-state index in [0.29, 0.717) is 11.3 Å². The van der Waals surface area contributed by atoms with Gasteiger partial charge >= 0.3 is 5.97 Å². The van der Waals surface area contributed by atoms with Crippen molar-refractivity contribution in [1.82, 2.24) is 19.7 Å². The maximum absolute atomic E-state index is 11.7. The number of rotatable bonds is 5. The number of aliphatic carboxylic acids is 1. The van der Waals surface area contributed by atoms with E-state index < -0.39 is 11.8 Å². The van der Waals surface area contributed by atoms with Crippen molar-refractivity contribution in [2.24, 2.45) is 7.05 Å². The number of aliphatic hydroxyl groups excluding tert-OH is 1. The number of aryl methyl sites for hydroxylation is 1. The number of aromatic amines is 1. The molecule has 0 aliphatic heterocycles. The lowest BCUT2D eigenvalue weighted by Gasteiger charge is -1.94. The second-order valence-corrected chi connectivity index (χ2v) is 4.16. The Morgan fingerprint density at radius 2 is 2.14 bits per heavy atom. The molecule has 2 heterocycles. The molecule has 108 valence electrons. The van der Waals surface area contributed by atoms with Crippen LogP contribution in [0.4, 0.5) is 0 Å². The Labute approximate surface area is 119 Å². The Hall–Kier alpha value is -3.16. The van der Waals surface area contributed by atoms with Crippen molar-refractivity contribution in [3.05, 3.63) is 47.8 Å². The van der Waals surface area contributed by atoms with Gasteiger partial charge in [0.05, 0.1) is 0 Å². The van der Waals surface area contributed by atoms with Crippen molar-refractivity contribution in [3.8, 4) is 0 Å². The number of carbonyl (C=O) groups is 2. The van der Waals surface area contributed by atoms with E-state index in [1.54, 1.807) is 23.9 Å². The number of carboxylic acid groups (broad SMARTS) is 1. The molecule has 2 rings (SSSR count). The van der Waals surface area contributed by atoms with Crippen molar-refractivity contribution in [2.45, 2.75) is 0 Å². The van der Waals surface area contributed by atoms with Crippen molar-refractivity contribution < 1.29 is 19.8 Å². The topological polar surface area (TPSA) is 121 Å². The van der Waals surface area contributed by atoms with Gasteiger partial charge in [-0.1, -0.05) is 0 Å². The molecule has 21 heavy (non-hydrogen) atoms. The van der Waals surface area contributed by atoms with Crippen LogP contribution in [0.15, 0.2) is 30.7 Å². The summed E-state index contributed by atoms with van der Waals surface area (Å²) in [5, 5.41) is 24.5. The van der Waals surface area contributed by atoms with E-state index >= 15 is 0 Å². The van der Waals surface area contributed by atoms with E-state index in [4.69, 9.17) is 5.11 Å². The summed E-state index contributed by atoms with van der Waals surface area (Å²) in [4.78, 5) is 25.9. The predicted octanol–water partition coefficient (Wildman–Crippen LogP) is 1.02. The summed E-state index contributed by atoms with van der Waals surface area (Å²) in [5.41, 5.74) is 0.954. The number of hydrogen-bond acceptors (Lipinski definition) is 5. The Bertz CT molecular complexity index is 725. The molecule has 2 aromatic heterocycles. The molecule has 0 spiro atoms. The molecule has 8 heteroatoms. The highest BCUT2D eigenvalue weighted by Gasteiger charge is 2.10. The summed E-state index contributed by atoms with van der Waals surface area (Å²) in [6, 6.07) is 1.55. The number of aromatic nitrogens is 4. The quantitative estimate of drug-likeness (QED) is 0.429. The predicted molar refractivity (Wildman–Crippen MR) is 73.4 cm³/mol. The highest BCUT2D eigenvalue weighted by Crippen LogP contribution is 2.16. The van der Waals surface area contributed by atoms with Crippen LogP contribution in [0.5, 0.6) is 0 Å². The normalized spacial score (nSPS) is 12.0. The van der Waals surface area contributed by atoms with Gasteiger partial charge in [-0.15, -0.1) is 0 Å². The lowest BCUT2D eigenvalue weighted by molar-refractivity contribution is -0.131. The van der Waals surface area contributed by atoms with Gasteiger partial charge in [0.25, 0.3) is 0 Å². The minimum atomic E-state index is -1.07. The second kappa shape index (κ2) is 5.87. The highest BCUT2D eigenvalue weighted by molar-refractivity contribution is 6.05. The lowest BCUT2D eigenvalue weighted by Crippen LogP contribution is -1.99. The van der Waals surface area contributed by atoms with Gasteiger partial charge in [-0.25, -0.2) is 9.78 Å². The number of allylic oxidation sites excluding steroid dienone is 1. The zero-order chi connectivity index (χ0) is 15.4. The zero-order valence-corrected chi connectivity index (χ0v) is 11.0. The Morgan fingerprint density at radius 1 is 1.38 bits per heavy atom. The monoisotopic (exact) mass is 288 g/mol. The average molecular weight is 288 g/mol. The first-order valence-corrected chi connectivity index (χ1v) is 5.85. The van der Waals surface area contributed by atoms with Crippen molar-refractivity contribution >= 4 is 23.6 Å². The molecule has 0 saturated carbocycles. The van der Waals surface area contributed by atoms with Crippen LogP contribution in [0.25, 0.3) is 11.8 Å². The summed E-state index contributed by atoms with van der Waals surface area (Å²) >= 11 is 0. The average Bonchev–Trinajstić information content (AvgIpc) is 3.05. The third kappa shape index (κ3) is 3.44. The minimum Gasteiger partial charge on any atom is -0.507 e. The molecule has 0 aliphatic rings. The van der Waals surface area contributed by atoms with E-state index in [1.807, 2.05) is 0 Å². The van der Waals surface area contributed by atoms with Gasteiger partial charge in [0, 0.05) is 36.7 Å². The molecule has 0 radical (unpaired) electrons. The fourth-order valence-electron chi connectivity index (χ4n) is 1.64. The molecule has 0 bridgehead atoms. The lowest BCUT2D eigenvalue weighted by atomic mass is 10.2. The second-order valence-electron chi connectivity index (χ2n) is 4.16. The van der Waals surface area contributed by atoms with Gasteiger partial charge in [0.1, 0.15) is 12.1 Å². The summed E-state index contributed by atoms with van der Waals surface area (Å²) in [6.45, 7) is 0. The van der Waals surface area contributed by atoms with Gasteiger partial charge in [-0.3, -0.25) is 9.89 Å². The number of carboxylic acids is 1. The van der Waals surface area contributed by atoms with Crippen LogP contribution in [-0.2, 0) is 11.8 Å². The Morgan fingerprint density at radius 3 is 2.76 bits per heavy atom. The van der Waals surface area contributed by atoms with E-state index in [0.717, 1.165) is 12.2 Å². The van der Waals surface area contributed by atoms with Crippen molar-refractivity contribution in [1.29, 1.82) is 0 Å². The summed E-state index contributed by atoms with van der Waals surface area (Å²) in [6.07, 6.45) is 6.15. The first-order valence-electron chi connectivity index (χ1n) is 5.85. The molecular formula is C13H12N4O4. The molecule has 0 aromatic carbocycles. The molecule has 0 saturated heterocycles. The number of aliphatic hydroxyl groups is 1. The third-order valence-electron chi connectivity index (χ3n) is 2.65. The van der Waals surface area contributed by atoms with E-state index in [2.05, 4.69) is 15.2 Å². The van der Waals surface area contributed by atoms with Gasteiger partial charge in [-0.2, -0.15) is 5.10 Å². The van der Waals surface area contributed by atoms with Crippen molar-refractivity contribution in [2.75, 3.05) is 0 Å². The SMILES string of the molecule is Cn1cc(/C(O)=C\C(=O)c2ncn[nH]2)cc1/C=C/C(=O)O. The maximum atomic E-state index is 11.7. The van der Waals surface area contributed by atoms with Crippen LogP contribution in [0.2, 0.25) is 0 Å². The summed E-state index contributed by atoms with van der Waals surface area (Å²) in [7, 11) is 1.69. The fraction of sp³-hybridized carbons (Fsp3) is 0.0769. The molecule has 0 unspecified atom stereocenters. The van der Waals surface area contributed by atoms with Crippen LogP contribution >= 0.6 is 0 Å². The molecule has 3 N–H and O–H groups in total. The smallest absolute Gasteiger partial charge is 0.328 e. The van der Waals surface area contributed by atoms with Crippen LogP contribution in [0, 0.1) is 0 Å². The number of H-pyrrole nitrogens is 1. The Balaban J connectivity index is 2.24. The number of ketones is 1. The Kier molecular flexibility index (Phi) is 3.98. The maximum Gasteiger partial charge on any atom is 0.328 e. The third-order valence-corrected chi connectivity index (χ3v) is 2.65. The number of nitrogens with one attached hydrogen (secondary N) is 1. The molecule has 0 amide bonds. The number of carbonyl (C=O) groups excluding carboxylic acids is 1. The van der Waals surface area contributed by atoms with E-state index in [9.17, 15) is 14.7 Å². The standard InChI is InChI=1S/C13H12N4O4/c1-17-6-8(4-9(17)2-3-12(20)21)10(18)5-11(19)13-14-7-15-16-13/h2-7,18H,1H3,(H,20,21)(H,14,15,16)/b3-2+,10-5+. The molecular weight excluding hydrogens is 276 g/mol. The zero-order valence-electron chi connectivity index (χ0n) is 11.0. The highest BCUT2D eigenvalue weighted by atomic mass is 16.4. The summed E-state index contributed by atoms with van der Waals surface area (Å²) in [5.74, 6) is -1.82. The van der Waals surface area contributed by atoms with Gasteiger partial charge < -0.3 is 14.8 Å².